The smallest absolute Gasteiger partial charge is 0.136 e. The summed E-state index contributed by atoms with van der Waals surface area (Å²) < 4.78 is 0.902. The second kappa shape index (κ2) is 4.76. The van der Waals surface area contributed by atoms with Crippen molar-refractivity contribution in [2.75, 3.05) is 11.4 Å². The van der Waals surface area contributed by atoms with Gasteiger partial charge in [-0.1, -0.05) is 11.6 Å². The van der Waals surface area contributed by atoms with E-state index in [2.05, 4.69) is 27.8 Å². The van der Waals surface area contributed by atoms with E-state index < -0.39 is 0 Å². The second-order valence-corrected chi connectivity index (χ2v) is 5.40. The van der Waals surface area contributed by atoms with Crippen LogP contribution in [0, 0.1) is 0 Å². The Balaban J connectivity index is 2.23. The van der Waals surface area contributed by atoms with Crippen LogP contribution in [0.5, 0.6) is 0 Å². The van der Waals surface area contributed by atoms with Crippen molar-refractivity contribution in [1.29, 1.82) is 0 Å². The zero-order valence-electron chi connectivity index (χ0n) is 9.04. The molecule has 2 nitrogen and oxygen atoms in total. The maximum absolute atomic E-state index is 11.3. The third-order valence-corrected chi connectivity index (χ3v) is 4.15. The van der Waals surface area contributed by atoms with Gasteiger partial charge in [-0.3, -0.25) is 4.79 Å². The molecule has 1 fully saturated rings. The van der Waals surface area contributed by atoms with Crippen LogP contribution in [-0.2, 0) is 4.79 Å². The van der Waals surface area contributed by atoms with Gasteiger partial charge in [0.1, 0.15) is 5.78 Å². The van der Waals surface area contributed by atoms with E-state index in [1.54, 1.807) is 0 Å². The average Bonchev–Trinajstić information content (AvgIpc) is 2.22. The number of hydrogen-bond acceptors (Lipinski definition) is 2. The Morgan fingerprint density at radius 1 is 1.50 bits per heavy atom. The van der Waals surface area contributed by atoms with Crippen molar-refractivity contribution >= 4 is 39.0 Å². The van der Waals surface area contributed by atoms with Crippen molar-refractivity contribution in [3.63, 3.8) is 0 Å². The van der Waals surface area contributed by atoms with Crippen LogP contribution in [0.1, 0.15) is 19.8 Å². The number of Topliss-reactive ketones (excluding diaryl/α,β-unsaturated/α-hetero) is 1. The zero-order chi connectivity index (χ0) is 11.7. The molecule has 0 aliphatic carbocycles. The molecule has 0 N–H and O–H groups in total. The van der Waals surface area contributed by atoms with Crippen molar-refractivity contribution in [2.24, 2.45) is 0 Å². The minimum atomic E-state index is 0.262. The molecule has 2 rings (SSSR count). The molecule has 86 valence electrons. The third-order valence-electron chi connectivity index (χ3n) is 2.92. The van der Waals surface area contributed by atoms with Gasteiger partial charge < -0.3 is 4.90 Å². The van der Waals surface area contributed by atoms with E-state index >= 15 is 0 Å². The Kier molecular flexibility index (Phi) is 3.55. The SMILES string of the molecule is CC1CC(=O)CCN1c1ccc(Br)c(Cl)c1. The van der Waals surface area contributed by atoms with Crippen LogP contribution < -0.4 is 4.90 Å². The monoisotopic (exact) mass is 301 g/mol. The molecule has 0 spiro atoms. The number of rotatable bonds is 1. The summed E-state index contributed by atoms with van der Waals surface area (Å²) in [6.07, 6.45) is 1.27. The standard InChI is InChI=1S/C12H13BrClNO/c1-8-6-10(16)4-5-15(8)9-2-3-11(13)12(14)7-9/h2-3,7-8H,4-6H2,1H3. The van der Waals surface area contributed by atoms with Gasteiger partial charge >= 0.3 is 0 Å². The van der Waals surface area contributed by atoms with Gasteiger partial charge in [0.05, 0.1) is 5.02 Å². The van der Waals surface area contributed by atoms with Crippen molar-refractivity contribution in [3.8, 4) is 0 Å². The summed E-state index contributed by atoms with van der Waals surface area (Å²) in [5, 5.41) is 0.710. The number of carbonyl (C=O) groups is 1. The molecule has 1 aliphatic heterocycles. The fourth-order valence-corrected chi connectivity index (χ4v) is 2.48. The number of benzene rings is 1. The number of anilines is 1. The van der Waals surface area contributed by atoms with Crippen molar-refractivity contribution in [3.05, 3.63) is 27.7 Å². The van der Waals surface area contributed by atoms with Crippen LogP contribution in [-0.4, -0.2) is 18.4 Å². The lowest BCUT2D eigenvalue weighted by atomic mass is 10.0. The van der Waals surface area contributed by atoms with Crippen LogP contribution in [0.4, 0.5) is 5.69 Å². The molecule has 0 saturated carbocycles. The Bertz CT molecular complexity index is 421. The molecule has 1 atom stereocenters. The maximum Gasteiger partial charge on any atom is 0.136 e. The molecule has 1 heterocycles. The lowest BCUT2D eigenvalue weighted by Gasteiger charge is -2.34. The minimum Gasteiger partial charge on any atom is -0.368 e. The number of hydrogen-bond donors (Lipinski definition) is 0. The van der Waals surface area contributed by atoms with E-state index in [-0.39, 0.29) is 6.04 Å². The first-order valence-corrected chi connectivity index (χ1v) is 6.48. The summed E-state index contributed by atoms with van der Waals surface area (Å²) in [5.41, 5.74) is 1.09. The van der Waals surface area contributed by atoms with E-state index in [1.807, 2.05) is 18.2 Å². The molecule has 1 aliphatic rings. The summed E-state index contributed by atoms with van der Waals surface area (Å²) in [6.45, 7) is 2.87. The Labute approximate surface area is 109 Å². The van der Waals surface area contributed by atoms with Crippen molar-refractivity contribution in [2.45, 2.75) is 25.8 Å². The van der Waals surface area contributed by atoms with Gasteiger partial charge in [-0.05, 0) is 41.1 Å². The molecule has 1 aromatic rings. The second-order valence-electron chi connectivity index (χ2n) is 4.13. The minimum absolute atomic E-state index is 0.262. The summed E-state index contributed by atoms with van der Waals surface area (Å²) in [7, 11) is 0. The molecule has 1 saturated heterocycles. The van der Waals surface area contributed by atoms with Gasteiger partial charge in [-0.15, -0.1) is 0 Å². The topological polar surface area (TPSA) is 20.3 Å². The van der Waals surface area contributed by atoms with Crippen LogP contribution in [0.15, 0.2) is 22.7 Å². The van der Waals surface area contributed by atoms with E-state index in [0.717, 1.165) is 16.7 Å². The molecule has 16 heavy (non-hydrogen) atoms. The normalized spacial score (nSPS) is 21.3. The fraction of sp³-hybridized carbons (Fsp3) is 0.417. The van der Waals surface area contributed by atoms with E-state index in [1.165, 1.54) is 0 Å². The third kappa shape index (κ3) is 2.41. The molecule has 4 heteroatoms. The Hall–Kier alpha value is -0.540. The van der Waals surface area contributed by atoms with Gasteiger partial charge in [0.25, 0.3) is 0 Å². The first kappa shape index (κ1) is 11.9. The lowest BCUT2D eigenvalue weighted by Crippen LogP contribution is -2.41. The highest BCUT2D eigenvalue weighted by Crippen LogP contribution is 2.30. The van der Waals surface area contributed by atoms with Gasteiger partial charge in [0.2, 0.25) is 0 Å². The molecular formula is C12H13BrClNO. The summed E-state index contributed by atoms with van der Waals surface area (Å²) in [5.74, 6) is 0.354. The van der Waals surface area contributed by atoms with Crippen molar-refractivity contribution < 1.29 is 4.79 Å². The highest BCUT2D eigenvalue weighted by atomic mass is 79.9. The summed E-state index contributed by atoms with van der Waals surface area (Å²) in [4.78, 5) is 13.5. The Morgan fingerprint density at radius 3 is 2.88 bits per heavy atom. The summed E-state index contributed by atoms with van der Waals surface area (Å²) >= 11 is 9.44. The molecule has 1 aromatic carbocycles. The predicted molar refractivity (Wildman–Crippen MR) is 70.2 cm³/mol. The number of piperidine rings is 1. The van der Waals surface area contributed by atoms with Crippen molar-refractivity contribution in [1.82, 2.24) is 0 Å². The van der Waals surface area contributed by atoms with Crippen LogP contribution in [0.3, 0.4) is 0 Å². The predicted octanol–water partition coefficient (Wildman–Crippen LogP) is 3.66. The van der Waals surface area contributed by atoms with E-state index in [0.29, 0.717) is 23.6 Å². The zero-order valence-corrected chi connectivity index (χ0v) is 11.4. The van der Waals surface area contributed by atoms with Gasteiger partial charge in [-0.25, -0.2) is 0 Å². The largest absolute Gasteiger partial charge is 0.368 e. The maximum atomic E-state index is 11.3. The highest BCUT2D eigenvalue weighted by Gasteiger charge is 2.23. The quantitative estimate of drug-likeness (QED) is 0.789. The van der Waals surface area contributed by atoms with E-state index in [4.69, 9.17) is 11.6 Å². The number of nitrogens with zero attached hydrogens (tertiary/aromatic N) is 1. The Morgan fingerprint density at radius 2 is 2.25 bits per heavy atom. The fourth-order valence-electron chi connectivity index (χ4n) is 2.05. The lowest BCUT2D eigenvalue weighted by molar-refractivity contribution is -0.120. The van der Waals surface area contributed by atoms with Crippen LogP contribution in [0.2, 0.25) is 5.02 Å². The average molecular weight is 303 g/mol. The van der Waals surface area contributed by atoms with E-state index in [9.17, 15) is 4.79 Å². The molecular weight excluding hydrogens is 289 g/mol. The number of halogens is 2. The molecule has 1 unspecified atom stereocenters. The summed E-state index contributed by atoms with van der Waals surface area (Å²) in [6, 6.07) is 6.18. The molecule has 0 amide bonds. The number of carbonyl (C=O) groups excluding carboxylic acids is 1. The molecule has 0 radical (unpaired) electrons. The first-order chi connectivity index (χ1) is 7.58. The first-order valence-electron chi connectivity index (χ1n) is 5.31. The van der Waals surface area contributed by atoms with Gasteiger partial charge in [0, 0.05) is 35.6 Å². The van der Waals surface area contributed by atoms with Gasteiger partial charge in [-0.2, -0.15) is 0 Å². The van der Waals surface area contributed by atoms with Crippen LogP contribution in [0.25, 0.3) is 0 Å². The highest BCUT2D eigenvalue weighted by molar-refractivity contribution is 9.10. The van der Waals surface area contributed by atoms with Crippen LogP contribution >= 0.6 is 27.5 Å². The molecule has 0 aromatic heterocycles. The molecule has 0 bridgehead atoms. The number of ketones is 1. The van der Waals surface area contributed by atoms with Gasteiger partial charge in [0.15, 0.2) is 0 Å².